The van der Waals surface area contributed by atoms with Crippen molar-refractivity contribution in [1.82, 2.24) is 10.3 Å². The van der Waals surface area contributed by atoms with E-state index in [2.05, 4.69) is 37.1 Å². The van der Waals surface area contributed by atoms with Crippen molar-refractivity contribution in [2.75, 3.05) is 6.54 Å². The Labute approximate surface area is 92.4 Å². The van der Waals surface area contributed by atoms with Crippen LogP contribution in [0, 0.1) is 0 Å². The third kappa shape index (κ3) is 4.26. The average molecular weight is 204 g/mol. The quantitative estimate of drug-likeness (QED) is 0.797. The van der Waals surface area contributed by atoms with Crippen molar-refractivity contribution in [3.8, 4) is 0 Å². The Morgan fingerprint density at radius 2 is 2.33 bits per heavy atom. The van der Waals surface area contributed by atoms with E-state index in [4.69, 9.17) is 0 Å². The molecule has 0 radical (unpaired) electrons. The van der Waals surface area contributed by atoms with Crippen molar-refractivity contribution in [3.63, 3.8) is 0 Å². The lowest BCUT2D eigenvalue weighted by atomic mass is 10.1. The van der Waals surface area contributed by atoms with E-state index in [0.717, 1.165) is 12.2 Å². The molecule has 0 fully saturated rings. The van der Waals surface area contributed by atoms with E-state index >= 15 is 0 Å². The minimum atomic E-state index is 0.423. The topological polar surface area (TPSA) is 24.9 Å². The van der Waals surface area contributed by atoms with Crippen LogP contribution in [0.5, 0.6) is 0 Å². The zero-order valence-corrected chi connectivity index (χ0v) is 9.83. The van der Waals surface area contributed by atoms with Crippen LogP contribution in [0.15, 0.2) is 30.0 Å². The van der Waals surface area contributed by atoms with Gasteiger partial charge in [0.2, 0.25) is 0 Å². The summed E-state index contributed by atoms with van der Waals surface area (Å²) in [7, 11) is 0. The van der Waals surface area contributed by atoms with Gasteiger partial charge < -0.3 is 5.32 Å². The van der Waals surface area contributed by atoms with E-state index in [0.29, 0.717) is 6.04 Å². The SMILES string of the molecule is CCCNC(C)/C(C)=C/c1ccccn1. The molecule has 2 nitrogen and oxygen atoms in total. The summed E-state index contributed by atoms with van der Waals surface area (Å²) in [6.45, 7) is 7.57. The molecule has 0 aliphatic carbocycles. The molecule has 1 aromatic rings. The maximum Gasteiger partial charge on any atom is 0.0629 e. The summed E-state index contributed by atoms with van der Waals surface area (Å²) in [6.07, 6.45) is 5.12. The van der Waals surface area contributed by atoms with Gasteiger partial charge in [-0.1, -0.05) is 18.6 Å². The molecule has 1 unspecified atom stereocenters. The number of aromatic nitrogens is 1. The van der Waals surface area contributed by atoms with E-state index in [1.54, 1.807) is 0 Å². The minimum absolute atomic E-state index is 0.423. The van der Waals surface area contributed by atoms with Gasteiger partial charge in [0.15, 0.2) is 0 Å². The standard InChI is InChI=1S/C13H20N2/c1-4-8-14-12(3)11(2)10-13-7-5-6-9-15-13/h5-7,9-10,12,14H,4,8H2,1-3H3/b11-10+. The molecule has 0 aromatic carbocycles. The monoisotopic (exact) mass is 204 g/mol. The van der Waals surface area contributed by atoms with Gasteiger partial charge in [0, 0.05) is 12.2 Å². The van der Waals surface area contributed by atoms with Crippen molar-refractivity contribution >= 4 is 6.08 Å². The summed E-state index contributed by atoms with van der Waals surface area (Å²) in [5.41, 5.74) is 2.35. The zero-order chi connectivity index (χ0) is 11.1. The van der Waals surface area contributed by atoms with Crippen LogP contribution in [0.2, 0.25) is 0 Å². The maximum absolute atomic E-state index is 4.28. The first kappa shape index (κ1) is 11.9. The molecule has 1 N–H and O–H groups in total. The fourth-order valence-electron chi connectivity index (χ4n) is 1.34. The van der Waals surface area contributed by atoms with Crippen LogP contribution in [0.4, 0.5) is 0 Å². The highest BCUT2D eigenvalue weighted by atomic mass is 14.9. The molecule has 0 aliphatic heterocycles. The van der Waals surface area contributed by atoms with Crippen molar-refractivity contribution in [1.29, 1.82) is 0 Å². The molecule has 0 amide bonds. The van der Waals surface area contributed by atoms with Gasteiger partial charge in [0.05, 0.1) is 5.69 Å². The normalized spacial score (nSPS) is 13.9. The van der Waals surface area contributed by atoms with Crippen LogP contribution in [-0.2, 0) is 0 Å². The van der Waals surface area contributed by atoms with E-state index in [1.165, 1.54) is 12.0 Å². The smallest absolute Gasteiger partial charge is 0.0629 e. The van der Waals surface area contributed by atoms with Crippen molar-refractivity contribution < 1.29 is 0 Å². The fourth-order valence-corrected chi connectivity index (χ4v) is 1.34. The van der Waals surface area contributed by atoms with Gasteiger partial charge in [-0.05, 0) is 45.0 Å². The van der Waals surface area contributed by atoms with Crippen LogP contribution >= 0.6 is 0 Å². The molecule has 0 spiro atoms. The summed E-state index contributed by atoms with van der Waals surface area (Å²) in [4.78, 5) is 4.28. The highest BCUT2D eigenvalue weighted by Gasteiger charge is 2.02. The molecule has 1 aromatic heterocycles. The molecule has 0 bridgehead atoms. The molecule has 2 heteroatoms. The number of pyridine rings is 1. The summed E-state index contributed by atoms with van der Waals surface area (Å²) < 4.78 is 0. The van der Waals surface area contributed by atoms with Crippen LogP contribution in [0.1, 0.15) is 32.9 Å². The predicted molar refractivity (Wildman–Crippen MR) is 65.6 cm³/mol. The van der Waals surface area contributed by atoms with Gasteiger partial charge in [0.25, 0.3) is 0 Å². The van der Waals surface area contributed by atoms with Crippen molar-refractivity contribution in [3.05, 3.63) is 35.7 Å². The predicted octanol–water partition coefficient (Wildman–Crippen LogP) is 2.87. The number of nitrogens with one attached hydrogen (secondary N) is 1. The summed E-state index contributed by atoms with van der Waals surface area (Å²) >= 11 is 0. The number of hydrogen-bond acceptors (Lipinski definition) is 2. The number of hydrogen-bond donors (Lipinski definition) is 1. The minimum Gasteiger partial charge on any atom is -0.311 e. The van der Waals surface area contributed by atoms with Crippen molar-refractivity contribution in [2.45, 2.75) is 33.2 Å². The Kier molecular flexibility index (Phi) is 5.05. The summed E-state index contributed by atoms with van der Waals surface area (Å²) in [5, 5.41) is 3.46. The second-order valence-electron chi connectivity index (χ2n) is 3.82. The molecule has 0 aliphatic rings. The molecule has 15 heavy (non-hydrogen) atoms. The highest BCUT2D eigenvalue weighted by molar-refractivity contribution is 5.49. The first-order valence-corrected chi connectivity index (χ1v) is 5.56. The Hall–Kier alpha value is -1.15. The van der Waals surface area contributed by atoms with E-state index < -0.39 is 0 Å². The lowest BCUT2D eigenvalue weighted by Gasteiger charge is -2.13. The van der Waals surface area contributed by atoms with Gasteiger partial charge >= 0.3 is 0 Å². The van der Waals surface area contributed by atoms with Crippen LogP contribution in [0.25, 0.3) is 6.08 Å². The van der Waals surface area contributed by atoms with E-state index in [-0.39, 0.29) is 0 Å². The second-order valence-corrected chi connectivity index (χ2v) is 3.82. The lowest BCUT2D eigenvalue weighted by molar-refractivity contribution is 0.604. The Bertz CT molecular complexity index is 304. The molecule has 1 atom stereocenters. The Balaban J connectivity index is 2.59. The van der Waals surface area contributed by atoms with Crippen LogP contribution in [-0.4, -0.2) is 17.6 Å². The molecular weight excluding hydrogens is 184 g/mol. The number of nitrogens with zero attached hydrogens (tertiary/aromatic N) is 1. The van der Waals surface area contributed by atoms with Crippen LogP contribution < -0.4 is 5.32 Å². The largest absolute Gasteiger partial charge is 0.311 e. The van der Waals surface area contributed by atoms with Crippen molar-refractivity contribution in [2.24, 2.45) is 0 Å². The van der Waals surface area contributed by atoms with Gasteiger partial charge in [-0.25, -0.2) is 0 Å². The first-order chi connectivity index (χ1) is 7.24. The van der Waals surface area contributed by atoms with Gasteiger partial charge in [-0.3, -0.25) is 4.98 Å². The average Bonchev–Trinajstić information content (AvgIpc) is 2.27. The molecule has 82 valence electrons. The third-order valence-corrected chi connectivity index (χ3v) is 2.45. The fraction of sp³-hybridized carbons (Fsp3) is 0.462. The van der Waals surface area contributed by atoms with Gasteiger partial charge in [-0.15, -0.1) is 0 Å². The second kappa shape index (κ2) is 6.36. The van der Waals surface area contributed by atoms with Crippen LogP contribution in [0.3, 0.4) is 0 Å². The molecule has 1 rings (SSSR count). The molecule has 1 heterocycles. The lowest BCUT2D eigenvalue weighted by Crippen LogP contribution is -2.27. The summed E-state index contributed by atoms with van der Waals surface area (Å²) in [5.74, 6) is 0. The maximum atomic E-state index is 4.28. The molecule has 0 saturated heterocycles. The Morgan fingerprint density at radius 1 is 1.53 bits per heavy atom. The first-order valence-electron chi connectivity index (χ1n) is 5.56. The molecule has 0 saturated carbocycles. The molecular formula is C13H20N2. The van der Waals surface area contributed by atoms with Gasteiger partial charge in [0.1, 0.15) is 0 Å². The Morgan fingerprint density at radius 3 is 2.93 bits per heavy atom. The van der Waals surface area contributed by atoms with E-state index in [1.807, 2.05) is 24.4 Å². The zero-order valence-electron chi connectivity index (χ0n) is 9.83. The summed E-state index contributed by atoms with van der Waals surface area (Å²) in [6, 6.07) is 6.39. The third-order valence-electron chi connectivity index (χ3n) is 2.45. The van der Waals surface area contributed by atoms with E-state index in [9.17, 15) is 0 Å². The number of rotatable bonds is 5. The highest BCUT2D eigenvalue weighted by Crippen LogP contribution is 2.06. The van der Waals surface area contributed by atoms with Gasteiger partial charge in [-0.2, -0.15) is 0 Å².